The van der Waals surface area contributed by atoms with Gasteiger partial charge in [-0.05, 0) is 50.0 Å². The molecule has 9 unspecified atom stereocenters. The fraction of sp³-hybridized carbons (Fsp3) is 0.593. The summed E-state index contributed by atoms with van der Waals surface area (Å²) in [6, 6.07) is 3.85. The van der Waals surface area contributed by atoms with Crippen LogP contribution in [0.1, 0.15) is 52.2 Å². The molecule has 180 valence electrons. The van der Waals surface area contributed by atoms with E-state index < -0.39 is 40.3 Å². The molecule has 6 rings (SSSR count). The lowest BCUT2D eigenvalue weighted by molar-refractivity contribution is -0.190. The molecule has 7 nitrogen and oxygen atoms in total. The third-order valence-corrected chi connectivity index (χ3v) is 9.85. The lowest BCUT2D eigenvalue weighted by Crippen LogP contribution is -2.66. The predicted octanol–water partition coefficient (Wildman–Crippen LogP) is 3.74. The lowest BCUT2D eigenvalue weighted by atomic mass is 9.42. The molecule has 7 heteroatoms. The Kier molecular flexibility index (Phi) is 4.31. The first kappa shape index (κ1) is 21.8. The van der Waals surface area contributed by atoms with Crippen LogP contribution in [0.25, 0.3) is 0 Å². The van der Waals surface area contributed by atoms with E-state index in [1.807, 2.05) is 26.0 Å². The van der Waals surface area contributed by atoms with Gasteiger partial charge in [-0.25, -0.2) is 0 Å². The van der Waals surface area contributed by atoms with Crippen molar-refractivity contribution >= 4 is 17.7 Å². The molecule has 0 radical (unpaired) electrons. The van der Waals surface area contributed by atoms with Crippen molar-refractivity contribution < 1.29 is 33.0 Å². The average Bonchev–Trinajstić information content (AvgIpc) is 3.54. The van der Waals surface area contributed by atoms with Crippen LogP contribution >= 0.6 is 0 Å². The molecule has 3 heterocycles. The van der Waals surface area contributed by atoms with Crippen molar-refractivity contribution in [2.75, 3.05) is 7.11 Å². The average molecular weight is 467 g/mol. The minimum Gasteiger partial charge on any atom is -0.469 e. The number of carbonyl (C=O) groups is 3. The third kappa shape index (κ3) is 2.34. The highest BCUT2D eigenvalue weighted by Crippen LogP contribution is 2.72. The summed E-state index contributed by atoms with van der Waals surface area (Å²) < 4.78 is 23.6. The van der Waals surface area contributed by atoms with Crippen molar-refractivity contribution in [1.82, 2.24) is 0 Å². The number of hydrogen-bond acceptors (Lipinski definition) is 7. The highest BCUT2D eigenvalue weighted by atomic mass is 16.6. The number of furan rings is 1. The van der Waals surface area contributed by atoms with Gasteiger partial charge >= 0.3 is 11.9 Å². The largest absolute Gasteiger partial charge is 0.469 e. The van der Waals surface area contributed by atoms with Crippen molar-refractivity contribution in [3.63, 3.8) is 0 Å². The first-order valence-corrected chi connectivity index (χ1v) is 12.0. The molecule has 0 bridgehead atoms. The number of ketones is 1. The summed E-state index contributed by atoms with van der Waals surface area (Å²) in [4.78, 5) is 39.6. The van der Waals surface area contributed by atoms with Gasteiger partial charge in [0.1, 0.15) is 18.0 Å². The molecular weight excluding hydrogens is 436 g/mol. The minimum absolute atomic E-state index is 0.0609. The van der Waals surface area contributed by atoms with Crippen molar-refractivity contribution in [2.45, 2.75) is 64.8 Å². The summed E-state index contributed by atoms with van der Waals surface area (Å²) >= 11 is 0. The molecule has 1 aromatic rings. The van der Waals surface area contributed by atoms with E-state index in [0.29, 0.717) is 0 Å². The zero-order chi connectivity index (χ0) is 24.2. The summed E-state index contributed by atoms with van der Waals surface area (Å²) in [5.41, 5.74) is -0.363. The van der Waals surface area contributed by atoms with Gasteiger partial charge in [-0.2, -0.15) is 0 Å². The highest BCUT2D eigenvalue weighted by molar-refractivity contribution is 6.00. The lowest BCUT2D eigenvalue weighted by Gasteiger charge is -2.59. The Morgan fingerprint density at radius 1 is 1.21 bits per heavy atom. The number of allylic oxidation sites excluding steroid dienone is 2. The molecule has 2 saturated heterocycles. The minimum atomic E-state index is -0.992. The number of rotatable bonds is 3. The quantitative estimate of drug-likeness (QED) is 0.495. The molecule has 3 aliphatic carbocycles. The molecule has 5 aliphatic rings. The van der Waals surface area contributed by atoms with Gasteiger partial charge in [0.25, 0.3) is 0 Å². The van der Waals surface area contributed by atoms with Crippen LogP contribution in [-0.4, -0.2) is 43.1 Å². The Bertz CT molecular complexity index is 1160. The molecular formula is C27H30O7. The maximum Gasteiger partial charge on any atom is 0.316 e. The standard InChI is InChI=1S/C27H30O7/c1-13-14(15-7-6-10-32-15)11-16-20(13)27(4)17(12-19(29)31-5)26(3)18(28)8-9-25(2)22(26)21(23(27)33-16)34-24(25)30/h6-10,14,16-17,21-23H,11-12H2,1-5H3. The molecule has 1 aromatic heterocycles. The van der Waals surface area contributed by atoms with Crippen LogP contribution in [0, 0.1) is 28.1 Å². The van der Waals surface area contributed by atoms with Gasteiger partial charge in [-0.1, -0.05) is 25.5 Å². The maximum atomic E-state index is 13.7. The summed E-state index contributed by atoms with van der Waals surface area (Å²) in [6.45, 7) is 7.93. The van der Waals surface area contributed by atoms with Gasteiger partial charge in [0, 0.05) is 22.7 Å². The fourth-order valence-corrected chi connectivity index (χ4v) is 8.37. The molecule has 2 aliphatic heterocycles. The van der Waals surface area contributed by atoms with E-state index in [2.05, 4.69) is 13.8 Å². The van der Waals surface area contributed by atoms with Gasteiger partial charge in [0.15, 0.2) is 5.78 Å². The van der Waals surface area contributed by atoms with E-state index in [1.54, 1.807) is 12.3 Å². The van der Waals surface area contributed by atoms with Crippen LogP contribution in [0.5, 0.6) is 0 Å². The molecule has 9 atom stereocenters. The van der Waals surface area contributed by atoms with Crippen LogP contribution in [0.15, 0.2) is 46.1 Å². The molecule has 1 saturated carbocycles. The van der Waals surface area contributed by atoms with Gasteiger partial charge in [0.2, 0.25) is 0 Å². The van der Waals surface area contributed by atoms with Crippen molar-refractivity contribution in [1.29, 1.82) is 0 Å². The Morgan fingerprint density at radius 3 is 2.65 bits per heavy atom. The summed E-state index contributed by atoms with van der Waals surface area (Å²) in [5.74, 6) is -0.679. The molecule has 34 heavy (non-hydrogen) atoms. The van der Waals surface area contributed by atoms with Crippen LogP contribution in [0.4, 0.5) is 0 Å². The zero-order valence-corrected chi connectivity index (χ0v) is 20.1. The van der Waals surface area contributed by atoms with E-state index in [0.717, 1.165) is 23.3 Å². The van der Waals surface area contributed by atoms with Crippen LogP contribution in [-0.2, 0) is 28.6 Å². The SMILES string of the molecule is COC(=O)CC1C2(C)C3=C(C)C(c4ccco4)CC3OC2C2OC(=O)C3(C)C=CC(=O)C1(C)C23. The van der Waals surface area contributed by atoms with E-state index >= 15 is 0 Å². The van der Waals surface area contributed by atoms with E-state index in [-0.39, 0.29) is 36.2 Å². The second kappa shape index (κ2) is 6.72. The topological polar surface area (TPSA) is 92.0 Å². The van der Waals surface area contributed by atoms with Crippen molar-refractivity contribution in [2.24, 2.45) is 28.1 Å². The number of fused-ring (bicyclic) bond motifs is 4. The number of ether oxygens (including phenoxy) is 3. The molecule has 0 N–H and O–H groups in total. The maximum absolute atomic E-state index is 13.7. The summed E-state index contributed by atoms with van der Waals surface area (Å²) in [6.07, 6.45) is 4.45. The normalized spacial score (nSPS) is 46.3. The van der Waals surface area contributed by atoms with Crippen LogP contribution < -0.4 is 0 Å². The summed E-state index contributed by atoms with van der Waals surface area (Å²) in [5, 5.41) is 0. The van der Waals surface area contributed by atoms with Gasteiger partial charge < -0.3 is 18.6 Å². The summed E-state index contributed by atoms with van der Waals surface area (Å²) in [7, 11) is 1.37. The van der Waals surface area contributed by atoms with E-state index in [4.69, 9.17) is 18.6 Å². The second-order valence-corrected chi connectivity index (χ2v) is 11.2. The third-order valence-electron chi connectivity index (χ3n) is 9.85. The highest BCUT2D eigenvalue weighted by Gasteiger charge is 2.77. The number of hydrogen-bond donors (Lipinski definition) is 0. The Labute approximate surface area is 198 Å². The number of esters is 2. The fourth-order valence-electron chi connectivity index (χ4n) is 8.37. The van der Waals surface area contributed by atoms with Crippen molar-refractivity contribution in [3.8, 4) is 0 Å². The predicted molar refractivity (Wildman–Crippen MR) is 119 cm³/mol. The Hall–Kier alpha value is -2.67. The van der Waals surface area contributed by atoms with E-state index in [1.165, 1.54) is 13.2 Å². The molecule has 3 fully saturated rings. The van der Waals surface area contributed by atoms with E-state index in [9.17, 15) is 14.4 Å². The molecule has 0 aromatic carbocycles. The first-order valence-electron chi connectivity index (χ1n) is 12.0. The second-order valence-electron chi connectivity index (χ2n) is 11.2. The monoisotopic (exact) mass is 466 g/mol. The molecule has 0 spiro atoms. The van der Waals surface area contributed by atoms with Crippen LogP contribution in [0.2, 0.25) is 0 Å². The zero-order valence-electron chi connectivity index (χ0n) is 20.1. The van der Waals surface area contributed by atoms with Crippen molar-refractivity contribution in [3.05, 3.63) is 47.5 Å². The number of carbonyl (C=O) groups excluding carboxylic acids is 3. The Balaban J connectivity index is 1.58. The first-order chi connectivity index (χ1) is 16.1. The molecule has 0 amide bonds. The van der Waals surface area contributed by atoms with Gasteiger partial charge in [-0.15, -0.1) is 0 Å². The number of methoxy groups -OCH3 is 1. The Morgan fingerprint density at radius 2 is 1.97 bits per heavy atom. The van der Waals surface area contributed by atoms with Gasteiger partial charge in [-0.3, -0.25) is 14.4 Å². The van der Waals surface area contributed by atoms with Crippen LogP contribution in [0.3, 0.4) is 0 Å². The van der Waals surface area contributed by atoms with Gasteiger partial charge in [0.05, 0.1) is 31.3 Å². The smallest absolute Gasteiger partial charge is 0.316 e.